The van der Waals surface area contributed by atoms with Gasteiger partial charge in [-0.2, -0.15) is 0 Å². The molecule has 1 aromatic rings. The fourth-order valence-electron chi connectivity index (χ4n) is 3.15. The summed E-state index contributed by atoms with van der Waals surface area (Å²) < 4.78 is 6.61. The molecule has 1 heterocycles. The first kappa shape index (κ1) is 13.9. The van der Waals surface area contributed by atoms with E-state index in [0.29, 0.717) is 17.2 Å². The third kappa shape index (κ3) is 2.32. The Hall–Kier alpha value is -1.11. The minimum absolute atomic E-state index is 0.0413. The van der Waals surface area contributed by atoms with E-state index in [0.717, 1.165) is 23.9 Å². The van der Waals surface area contributed by atoms with Crippen LogP contribution in [-0.2, 0) is 4.74 Å². The van der Waals surface area contributed by atoms with Crippen molar-refractivity contribution in [2.75, 3.05) is 11.9 Å². The number of nitrogens with two attached hydrogens (primary N) is 2. The van der Waals surface area contributed by atoms with Gasteiger partial charge in [-0.25, -0.2) is 0 Å². The largest absolute Gasteiger partial charge is 0.377 e. The zero-order valence-corrected chi connectivity index (χ0v) is 12.6. The van der Waals surface area contributed by atoms with E-state index in [2.05, 4.69) is 21.2 Å². The molecule has 2 aliphatic rings. The molecule has 108 valence electrons. The predicted molar refractivity (Wildman–Crippen MR) is 80.5 cm³/mol. The Morgan fingerprint density at radius 1 is 1.45 bits per heavy atom. The van der Waals surface area contributed by atoms with Gasteiger partial charge < -0.3 is 21.5 Å². The minimum Gasteiger partial charge on any atom is -0.377 e. The van der Waals surface area contributed by atoms with Gasteiger partial charge >= 0.3 is 0 Å². The maximum absolute atomic E-state index is 11.5. The number of primary amides is 1. The van der Waals surface area contributed by atoms with Crippen LogP contribution in [0.1, 0.15) is 23.2 Å². The summed E-state index contributed by atoms with van der Waals surface area (Å²) >= 11 is 3.34. The van der Waals surface area contributed by atoms with E-state index in [1.165, 1.54) is 0 Å². The van der Waals surface area contributed by atoms with Crippen LogP contribution in [-0.4, -0.2) is 30.7 Å². The molecule has 20 heavy (non-hydrogen) atoms. The third-order valence-corrected chi connectivity index (χ3v) is 4.74. The van der Waals surface area contributed by atoms with Gasteiger partial charge in [0.25, 0.3) is 5.91 Å². The second kappa shape index (κ2) is 5.35. The number of anilines is 1. The molecule has 1 saturated carbocycles. The molecule has 5 nitrogen and oxygen atoms in total. The SMILES string of the molecule is NC(=O)c1cc(Br)ccc1NC1C(N)C2CCCOC21. The van der Waals surface area contributed by atoms with Crippen molar-refractivity contribution in [1.82, 2.24) is 0 Å². The normalized spacial score (nSPS) is 32.1. The number of rotatable bonds is 3. The van der Waals surface area contributed by atoms with Crippen LogP contribution in [0.2, 0.25) is 0 Å². The number of carbonyl (C=O) groups excluding carboxylic acids is 1. The summed E-state index contributed by atoms with van der Waals surface area (Å²) in [5.74, 6) is -0.0310. The van der Waals surface area contributed by atoms with Gasteiger partial charge in [0, 0.05) is 28.7 Å². The van der Waals surface area contributed by atoms with Crippen LogP contribution >= 0.6 is 15.9 Å². The predicted octanol–water partition coefficient (Wildman–Crippen LogP) is 1.46. The van der Waals surface area contributed by atoms with Gasteiger partial charge in [0.1, 0.15) is 0 Å². The first-order valence-electron chi connectivity index (χ1n) is 6.81. The standard InChI is InChI=1S/C14H18BrN3O2/c15-7-3-4-10(9(6-7)14(17)19)18-12-11(16)8-2-1-5-20-13(8)12/h3-4,6,8,11-13,18H,1-2,5,16H2,(H2,17,19). The van der Waals surface area contributed by atoms with Crippen molar-refractivity contribution in [3.63, 3.8) is 0 Å². The van der Waals surface area contributed by atoms with Crippen molar-refractivity contribution >= 4 is 27.5 Å². The van der Waals surface area contributed by atoms with Crippen LogP contribution in [0.5, 0.6) is 0 Å². The highest BCUT2D eigenvalue weighted by Gasteiger charge is 2.50. The highest BCUT2D eigenvalue weighted by Crippen LogP contribution is 2.39. The Morgan fingerprint density at radius 2 is 2.25 bits per heavy atom. The molecular weight excluding hydrogens is 322 g/mol. The van der Waals surface area contributed by atoms with E-state index < -0.39 is 5.91 Å². The number of benzene rings is 1. The Labute approximate surface area is 126 Å². The molecule has 0 bridgehead atoms. The average molecular weight is 340 g/mol. The van der Waals surface area contributed by atoms with Crippen LogP contribution in [0.15, 0.2) is 22.7 Å². The van der Waals surface area contributed by atoms with Crippen molar-refractivity contribution < 1.29 is 9.53 Å². The summed E-state index contributed by atoms with van der Waals surface area (Å²) in [6.07, 6.45) is 2.34. The lowest BCUT2D eigenvalue weighted by Crippen LogP contribution is -2.69. The maximum Gasteiger partial charge on any atom is 0.250 e. The van der Waals surface area contributed by atoms with Crippen molar-refractivity contribution in [2.24, 2.45) is 17.4 Å². The zero-order valence-electron chi connectivity index (χ0n) is 11.0. The molecule has 1 aliphatic heterocycles. The van der Waals surface area contributed by atoms with Crippen LogP contribution in [0.4, 0.5) is 5.69 Å². The van der Waals surface area contributed by atoms with Crippen LogP contribution in [0.25, 0.3) is 0 Å². The van der Waals surface area contributed by atoms with Gasteiger partial charge in [-0.3, -0.25) is 4.79 Å². The summed E-state index contributed by atoms with van der Waals surface area (Å²) in [6.45, 7) is 0.787. The van der Waals surface area contributed by atoms with Crippen molar-refractivity contribution in [2.45, 2.75) is 31.0 Å². The molecule has 6 heteroatoms. The lowest BCUT2D eigenvalue weighted by molar-refractivity contribution is -0.104. The Balaban J connectivity index is 1.80. The molecule has 0 radical (unpaired) electrons. The third-order valence-electron chi connectivity index (χ3n) is 4.25. The summed E-state index contributed by atoms with van der Waals surface area (Å²) in [5.41, 5.74) is 12.8. The van der Waals surface area contributed by atoms with Gasteiger partial charge in [-0.15, -0.1) is 0 Å². The lowest BCUT2D eigenvalue weighted by Gasteiger charge is -2.52. The number of carbonyl (C=O) groups is 1. The highest BCUT2D eigenvalue weighted by atomic mass is 79.9. The summed E-state index contributed by atoms with van der Waals surface area (Å²) in [5, 5.41) is 3.33. The van der Waals surface area contributed by atoms with E-state index >= 15 is 0 Å². The van der Waals surface area contributed by atoms with Gasteiger partial charge in [-0.1, -0.05) is 15.9 Å². The van der Waals surface area contributed by atoms with Gasteiger partial charge in [0.05, 0.1) is 17.7 Å². The Morgan fingerprint density at radius 3 is 3.00 bits per heavy atom. The summed E-state index contributed by atoms with van der Waals surface area (Å²) in [6, 6.07) is 5.53. The molecule has 0 aromatic heterocycles. The number of amides is 1. The van der Waals surface area contributed by atoms with Crippen LogP contribution in [0, 0.1) is 5.92 Å². The molecular formula is C14H18BrN3O2. The molecule has 4 unspecified atom stereocenters. The highest BCUT2D eigenvalue weighted by molar-refractivity contribution is 9.10. The fourth-order valence-corrected chi connectivity index (χ4v) is 3.51. The first-order chi connectivity index (χ1) is 9.58. The Bertz CT molecular complexity index is 537. The number of ether oxygens (including phenoxy) is 1. The molecule has 5 N–H and O–H groups in total. The summed E-state index contributed by atoms with van der Waals surface area (Å²) in [4.78, 5) is 11.5. The minimum atomic E-state index is -0.456. The molecule has 2 fully saturated rings. The molecule has 3 rings (SSSR count). The van der Waals surface area contributed by atoms with Crippen LogP contribution < -0.4 is 16.8 Å². The van der Waals surface area contributed by atoms with Gasteiger partial charge in [0.15, 0.2) is 0 Å². The van der Waals surface area contributed by atoms with Gasteiger partial charge in [0.2, 0.25) is 0 Å². The monoisotopic (exact) mass is 339 g/mol. The second-order valence-corrected chi connectivity index (χ2v) is 6.36. The average Bonchev–Trinajstić information content (AvgIpc) is 2.45. The second-order valence-electron chi connectivity index (χ2n) is 5.44. The number of fused-ring (bicyclic) bond motifs is 1. The maximum atomic E-state index is 11.5. The number of nitrogens with one attached hydrogen (secondary N) is 1. The van der Waals surface area contributed by atoms with E-state index in [1.54, 1.807) is 6.07 Å². The first-order valence-corrected chi connectivity index (χ1v) is 7.60. The molecule has 4 atom stereocenters. The van der Waals surface area contributed by atoms with E-state index in [1.807, 2.05) is 12.1 Å². The summed E-state index contributed by atoms with van der Waals surface area (Å²) in [7, 11) is 0. The lowest BCUT2D eigenvalue weighted by atomic mass is 9.68. The van der Waals surface area contributed by atoms with Crippen molar-refractivity contribution in [3.05, 3.63) is 28.2 Å². The van der Waals surface area contributed by atoms with E-state index in [4.69, 9.17) is 16.2 Å². The van der Waals surface area contributed by atoms with Gasteiger partial charge in [-0.05, 0) is 31.0 Å². The van der Waals surface area contributed by atoms with Crippen LogP contribution in [0.3, 0.4) is 0 Å². The molecule has 1 amide bonds. The quantitative estimate of drug-likeness (QED) is 0.777. The van der Waals surface area contributed by atoms with E-state index in [-0.39, 0.29) is 18.2 Å². The molecule has 1 aromatic carbocycles. The number of hydrogen-bond acceptors (Lipinski definition) is 4. The fraction of sp³-hybridized carbons (Fsp3) is 0.500. The number of hydrogen-bond donors (Lipinski definition) is 3. The smallest absolute Gasteiger partial charge is 0.250 e. The van der Waals surface area contributed by atoms with Crippen molar-refractivity contribution in [3.8, 4) is 0 Å². The molecule has 0 spiro atoms. The zero-order chi connectivity index (χ0) is 14.3. The topological polar surface area (TPSA) is 90.4 Å². The molecule has 1 saturated heterocycles. The van der Waals surface area contributed by atoms with Crippen molar-refractivity contribution in [1.29, 1.82) is 0 Å². The molecule has 1 aliphatic carbocycles. The number of halogens is 1. The Kier molecular flexibility index (Phi) is 3.70. The van der Waals surface area contributed by atoms with E-state index in [9.17, 15) is 4.79 Å².